The highest BCUT2D eigenvalue weighted by Gasteiger charge is 2.20. The van der Waals surface area contributed by atoms with Crippen LogP contribution in [0, 0.1) is 6.92 Å². The molecule has 2 heterocycles. The summed E-state index contributed by atoms with van der Waals surface area (Å²) >= 11 is 1.79. The van der Waals surface area contributed by atoms with Gasteiger partial charge in [-0.2, -0.15) is 0 Å². The van der Waals surface area contributed by atoms with Gasteiger partial charge in [-0.3, -0.25) is 4.79 Å². The number of esters is 1. The Morgan fingerprint density at radius 3 is 2.95 bits per heavy atom. The summed E-state index contributed by atoms with van der Waals surface area (Å²) in [6, 6.07) is 0. The van der Waals surface area contributed by atoms with Gasteiger partial charge in [0.2, 0.25) is 0 Å². The van der Waals surface area contributed by atoms with Gasteiger partial charge in [0, 0.05) is 11.4 Å². The van der Waals surface area contributed by atoms with Crippen molar-refractivity contribution in [2.75, 3.05) is 18.5 Å². The Bertz CT molecular complexity index is 696. The maximum Gasteiger partial charge on any atom is 0.307 e. The summed E-state index contributed by atoms with van der Waals surface area (Å²) in [6.45, 7) is 4.69. The highest BCUT2D eigenvalue weighted by atomic mass is 32.1. The van der Waals surface area contributed by atoms with Gasteiger partial charge in [-0.15, -0.1) is 11.3 Å². The van der Waals surface area contributed by atoms with Gasteiger partial charge in [-0.1, -0.05) is 0 Å². The number of hydrogen-bond donors (Lipinski definition) is 1. The Morgan fingerprint density at radius 2 is 2.14 bits per heavy atom. The first-order valence-electron chi connectivity index (χ1n) is 7.87. The van der Waals surface area contributed by atoms with Gasteiger partial charge in [-0.25, -0.2) is 9.97 Å². The molecular formula is C16H21N3O2S. The van der Waals surface area contributed by atoms with Crippen molar-refractivity contribution in [2.24, 2.45) is 0 Å². The number of ether oxygens (including phenoxy) is 1. The zero-order chi connectivity index (χ0) is 15.5. The highest BCUT2D eigenvalue weighted by Crippen LogP contribution is 2.38. The standard InChI is InChI=1S/C16H21N3O2S/c1-3-21-13(20)8-9-17-15-14-11-6-4-5-7-12(11)22-16(14)19-10(2)18-15/h3-9H2,1-2H3,(H,17,18,19). The number of fused-ring (bicyclic) bond motifs is 3. The number of thiophene rings is 1. The van der Waals surface area contributed by atoms with E-state index in [0.29, 0.717) is 19.6 Å². The average Bonchev–Trinajstić information content (AvgIpc) is 2.85. The number of nitrogens with zero attached hydrogens (tertiary/aromatic N) is 2. The number of aryl methyl sites for hydroxylation is 3. The highest BCUT2D eigenvalue weighted by molar-refractivity contribution is 7.19. The molecule has 0 aromatic carbocycles. The number of anilines is 1. The van der Waals surface area contributed by atoms with Gasteiger partial charge in [0.1, 0.15) is 16.5 Å². The van der Waals surface area contributed by atoms with Crippen molar-refractivity contribution in [3.63, 3.8) is 0 Å². The molecule has 0 saturated heterocycles. The van der Waals surface area contributed by atoms with Gasteiger partial charge < -0.3 is 10.1 Å². The normalized spacial score (nSPS) is 13.9. The Labute approximate surface area is 134 Å². The fourth-order valence-corrected chi connectivity index (χ4v) is 4.21. The van der Waals surface area contributed by atoms with E-state index in [-0.39, 0.29) is 5.97 Å². The summed E-state index contributed by atoms with van der Waals surface area (Å²) in [6.07, 6.45) is 5.10. The summed E-state index contributed by atoms with van der Waals surface area (Å²) in [7, 11) is 0. The quantitative estimate of drug-likeness (QED) is 0.857. The molecule has 3 rings (SSSR count). The number of rotatable bonds is 5. The topological polar surface area (TPSA) is 64.1 Å². The van der Waals surface area contributed by atoms with Gasteiger partial charge in [0.05, 0.1) is 18.4 Å². The van der Waals surface area contributed by atoms with E-state index in [0.717, 1.165) is 34.7 Å². The van der Waals surface area contributed by atoms with Crippen molar-refractivity contribution in [3.8, 4) is 0 Å². The molecule has 0 saturated carbocycles. The van der Waals surface area contributed by atoms with Gasteiger partial charge in [-0.05, 0) is 45.1 Å². The lowest BCUT2D eigenvalue weighted by Gasteiger charge is -2.12. The molecule has 2 aromatic heterocycles. The van der Waals surface area contributed by atoms with E-state index in [1.807, 2.05) is 13.8 Å². The van der Waals surface area contributed by atoms with E-state index >= 15 is 0 Å². The summed E-state index contributed by atoms with van der Waals surface area (Å²) in [5.41, 5.74) is 1.41. The molecule has 6 heteroatoms. The first-order valence-corrected chi connectivity index (χ1v) is 8.69. The smallest absolute Gasteiger partial charge is 0.307 e. The van der Waals surface area contributed by atoms with E-state index < -0.39 is 0 Å². The molecule has 1 aliphatic carbocycles. The molecule has 22 heavy (non-hydrogen) atoms. The van der Waals surface area contributed by atoms with Crippen LogP contribution in [0.2, 0.25) is 0 Å². The SMILES string of the molecule is CCOC(=O)CCNc1nc(C)nc2sc3c(c12)CCCC3. The number of nitrogens with one attached hydrogen (secondary N) is 1. The predicted molar refractivity (Wildman–Crippen MR) is 88.5 cm³/mol. The third-order valence-electron chi connectivity index (χ3n) is 3.85. The summed E-state index contributed by atoms with van der Waals surface area (Å²) in [4.78, 5) is 23.1. The predicted octanol–water partition coefficient (Wildman–Crippen LogP) is 3.24. The molecule has 0 aliphatic heterocycles. The molecule has 1 N–H and O–H groups in total. The lowest BCUT2D eigenvalue weighted by Crippen LogP contribution is -2.13. The van der Waals surface area contributed by atoms with E-state index in [1.165, 1.54) is 23.3 Å². The first kappa shape index (κ1) is 15.2. The molecule has 2 aromatic rings. The lowest BCUT2D eigenvalue weighted by molar-refractivity contribution is -0.142. The second-order valence-electron chi connectivity index (χ2n) is 5.49. The minimum Gasteiger partial charge on any atom is -0.466 e. The van der Waals surface area contributed by atoms with Gasteiger partial charge >= 0.3 is 5.97 Å². The van der Waals surface area contributed by atoms with Crippen molar-refractivity contribution in [1.82, 2.24) is 9.97 Å². The number of carbonyl (C=O) groups is 1. The van der Waals surface area contributed by atoms with Crippen molar-refractivity contribution >= 4 is 33.3 Å². The lowest BCUT2D eigenvalue weighted by atomic mass is 9.97. The van der Waals surface area contributed by atoms with E-state index in [9.17, 15) is 4.79 Å². The van der Waals surface area contributed by atoms with Crippen LogP contribution in [0.15, 0.2) is 0 Å². The van der Waals surface area contributed by atoms with Crippen LogP contribution >= 0.6 is 11.3 Å². The first-order chi connectivity index (χ1) is 10.7. The second-order valence-corrected chi connectivity index (χ2v) is 6.58. The zero-order valence-corrected chi connectivity index (χ0v) is 13.9. The molecule has 5 nitrogen and oxygen atoms in total. The molecule has 0 fully saturated rings. The van der Waals surface area contributed by atoms with Crippen LogP contribution in [-0.2, 0) is 22.4 Å². The summed E-state index contributed by atoms with van der Waals surface area (Å²) in [5.74, 6) is 1.46. The monoisotopic (exact) mass is 319 g/mol. The van der Waals surface area contributed by atoms with Crippen molar-refractivity contribution in [1.29, 1.82) is 0 Å². The largest absolute Gasteiger partial charge is 0.466 e. The second kappa shape index (κ2) is 6.60. The number of carbonyl (C=O) groups excluding carboxylic acids is 1. The molecule has 1 aliphatic rings. The molecule has 118 valence electrons. The Morgan fingerprint density at radius 1 is 1.32 bits per heavy atom. The molecule has 0 unspecified atom stereocenters. The van der Waals surface area contributed by atoms with Crippen LogP contribution in [0.5, 0.6) is 0 Å². The van der Waals surface area contributed by atoms with Crippen molar-refractivity contribution in [3.05, 3.63) is 16.3 Å². The molecule has 0 bridgehead atoms. The molecule has 0 radical (unpaired) electrons. The van der Waals surface area contributed by atoms with Crippen LogP contribution < -0.4 is 5.32 Å². The van der Waals surface area contributed by atoms with E-state index in [1.54, 1.807) is 11.3 Å². The summed E-state index contributed by atoms with van der Waals surface area (Å²) in [5, 5.41) is 4.47. The maximum atomic E-state index is 11.5. The van der Waals surface area contributed by atoms with Crippen LogP contribution in [0.1, 0.15) is 42.5 Å². The fraction of sp³-hybridized carbons (Fsp3) is 0.562. The maximum absolute atomic E-state index is 11.5. The molecule has 0 atom stereocenters. The average molecular weight is 319 g/mol. The van der Waals surface area contributed by atoms with E-state index in [2.05, 4.69) is 15.3 Å². The molecule has 0 spiro atoms. The van der Waals surface area contributed by atoms with Gasteiger partial charge in [0.15, 0.2) is 0 Å². The third-order valence-corrected chi connectivity index (χ3v) is 5.04. The minimum atomic E-state index is -0.177. The minimum absolute atomic E-state index is 0.177. The number of hydrogen-bond acceptors (Lipinski definition) is 6. The third kappa shape index (κ3) is 3.06. The van der Waals surface area contributed by atoms with E-state index in [4.69, 9.17) is 4.74 Å². The summed E-state index contributed by atoms with van der Waals surface area (Å²) < 4.78 is 4.96. The van der Waals surface area contributed by atoms with Crippen LogP contribution in [0.3, 0.4) is 0 Å². The Balaban J connectivity index is 1.85. The van der Waals surface area contributed by atoms with Gasteiger partial charge in [0.25, 0.3) is 0 Å². The Kier molecular flexibility index (Phi) is 4.57. The fourth-order valence-electron chi connectivity index (χ4n) is 2.91. The molecular weight excluding hydrogens is 298 g/mol. The van der Waals surface area contributed by atoms with Crippen LogP contribution in [0.4, 0.5) is 5.82 Å². The zero-order valence-electron chi connectivity index (χ0n) is 13.1. The molecule has 0 amide bonds. The van der Waals surface area contributed by atoms with Crippen molar-refractivity contribution in [2.45, 2.75) is 46.0 Å². The van der Waals surface area contributed by atoms with Crippen LogP contribution in [0.25, 0.3) is 10.2 Å². The number of aromatic nitrogens is 2. The van der Waals surface area contributed by atoms with Crippen LogP contribution in [-0.4, -0.2) is 29.1 Å². The van der Waals surface area contributed by atoms with Crippen molar-refractivity contribution < 1.29 is 9.53 Å². The Hall–Kier alpha value is -1.69.